The molecule has 12 heteroatoms. The Morgan fingerprint density at radius 3 is 1.86 bits per heavy atom. The number of halogens is 2. The molecule has 0 aliphatic carbocycles. The second-order valence-electron chi connectivity index (χ2n) is 8.11. The normalized spacial score (nSPS) is 30.4. The Morgan fingerprint density at radius 2 is 1.54 bits per heavy atom. The molecule has 2 saturated heterocycles. The Kier molecular flexibility index (Phi) is 6.45. The highest BCUT2D eigenvalue weighted by Crippen LogP contribution is 2.32. The zero-order valence-corrected chi connectivity index (χ0v) is 17.0. The van der Waals surface area contributed by atoms with Crippen LogP contribution in [0.5, 0.6) is 0 Å². The number of hydrogen-bond donors (Lipinski definition) is 1. The number of hydrogen-bond acceptors (Lipinski definition) is 8. The molecule has 0 radical (unpaired) electrons. The SMILES string of the molecule is CC(OC(=O)C(C)(COCC1(C)CO1)COCC1(C)CO1)C(F)(F)S(=O)(=O)O. The van der Waals surface area contributed by atoms with Gasteiger partial charge < -0.3 is 23.7 Å². The number of carbonyl (C=O) groups excluding carboxylic acids is 1. The van der Waals surface area contributed by atoms with Crippen molar-refractivity contribution in [3.63, 3.8) is 0 Å². The third-order valence-corrected chi connectivity index (χ3v) is 5.54. The van der Waals surface area contributed by atoms with Gasteiger partial charge in [-0.25, -0.2) is 0 Å². The molecule has 3 atom stereocenters. The number of rotatable bonds is 12. The fourth-order valence-electron chi connectivity index (χ4n) is 2.14. The summed E-state index contributed by atoms with van der Waals surface area (Å²) in [6.45, 7) is 6.56. The summed E-state index contributed by atoms with van der Waals surface area (Å²) in [6.07, 6.45) is -2.41. The van der Waals surface area contributed by atoms with Crippen molar-refractivity contribution in [1.82, 2.24) is 0 Å². The largest absolute Gasteiger partial charge is 0.454 e. The molecule has 164 valence electrons. The van der Waals surface area contributed by atoms with E-state index >= 15 is 0 Å². The maximum atomic E-state index is 13.7. The molecule has 9 nitrogen and oxygen atoms in total. The predicted octanol–water partition coefficient (Wildman–Crippen LogP) is 1.02. The van der Waals surface area contributed by atoms with E-state index in [2.05, 4.69) is 4.74 Å². The first-order valence-electron chi connectivity index (χ1n) is 8.62. The highest BCUT2D eigenvalue weighted by atomic mass is 32.2. The molecular weight excluding hydrogens is 406 g/mol. The van der Waals surface area contributed by atoms with E-state index in [0.29, 0.717) is 20.1 Å². The molecule has 28 heavy (non-hydrogen) atoms. The summed E-state index contributed by atoms with van der Waals surface area (Å²) in [5.41, 5.74) is -2.40. The Bertz CT molecular complexity index is 662. The number of carbonyl (C=O) groups is 1. The molecule has 2 rings (SSSR count). The molecule has 0 aromatic rings. The van der Waals surface area contributed by atoms with Crippen molar-refractivity contribution in [3.8, 4) is 0 Å². The van der Waals surface area contributed by atoms with Crippen LogP contribution < -0.4 is 0 Å². The van der Waals surface area contributed by atoms with Crippen LogP contribution >= 0.6 is 0 Å². The molecule has 0 saturated carbocycles. The fraction of sp³-hybridized carbons (Fsp3) is 0.938. The summed E-state index contributed by atoms with van der Waals surface area (Å²) in [5, 5.41) is -4.66. The smallest absolute Gasteiger partial charge is 0.405 e. The Hall–Kier alpha value is -0.920. The third kappa shape index (κ3) is 5.80. The molecule has 0 amide bonds. The van der Waals surface area contributed by atoms with E-state index in [0.717, 1.165) is 0 Å². The van der Waals surface area contributed by atoms with Crippen molar-refractivity contribution < 1.29 is 50.2 Å². The Balaban J connectivity index is 2.01. The lowest BCUT2D eigenvalue weighted by Crippen LogP contribution is -2.47. The van der Waals surface area contributed by atoms with Gasteiger partial charge in [-0.3, -0.25) is 9.35 Å². The predicted molar refractivity (Wildman–Crippen MR) is 90.5 cm³/mol. The molecule has 1 N–H and O–H groups in total. The van der Waals surface area contributed by atoms with Gasteiger partial charge in [-0.2, -0.15) is 17.2 Å². The van der Waals surface area contributed by atoms with Gasteiger partial charge in [0.25, 0.3) is 0 Å². The van der Waals surface area contributed by atoms with Crippen molar-refractivity contribution >= 4 is 16.1 Å². The molecule has 2 aliphatic rings. The van der Waals surface area contributed by atoms with Crippen LogP contribution in [0.1, 0.15) is 27.7 Å². The number of epoxide rings is 2. The maximum Gasteiger partial charge on any atom is 0.405 e. The van der Waals surface area contributed by atoms with Crippen LogP contribution in [0.3, 0.4) is 0 Å². The first-order valence-corrected chi connectivity index (χ1v) is 10.1. The second-order valence-corrected chi connectivity index (χ2v) is 9.60. The van der Waals surface area contributed by atoms with Crippen LogP contribution in [0, 0.1) is 5.41 Å². The minimum atomic E-state index is -5.75. The molecule has 0 aromatic carbocycles. The summed E-state index contributed by atoms with van der Waals surface area (Å²) in [5.74, 6) is -1.15. The van der Waals surface area contributed by atoms with Crippen molar-refractivity contribution in [2.24, 2.45) is 5.41 Å². The van der Waals surface area contributed by atoms with Crippen molar-refractivity contribution in [2.45, 2.75) is 50.3 Å². The third-order valence-electron chi connectivity index (χ3n) is 4.52. The summed E-state index contributed by atoms with van der Waals surface area (Å²) in [6, 6.07) is 0. The average molecular weight is 432 g/mol. The van der Waals surface area contributed by atoms with E-state index in [1.54, 1.807) is 13.8 Å². The molecule has 0 bridgehead atoms. The first-order chi connectivity index (χ1) is 12.6. The molecule has 3 unspecified atom stereocenters. The molecule has 0 aromatic heterocycles. The van der Waals surface area contributed by atoms with Gasteiger partial charge in [0.2, 0.25) is 0 Å². The van der Waals surface area contributed by atoms with Crippen LogP contribution in [-0.4, -0.2) is 81.1 Å². The fourth-order valence-corrected chi connectivity index (χ4v) is 2.61. The highest BCUT2D eigenvalue weighted by Gasteiger charge is 2.53. The van der Waals surface area contributed by atoms with Gasteiger partial charge in [-0.15, -0.1) is 0 Å². The molecule has 2 fully saturated rings. The van der Waals surface area contributed by atoms with E-state index in [9.17, 15) is 22.0 Å². The number of alkyl halides is 2. The number of ether oxygens (including phenoxy) is 5. The summed E-state index contributed by atoms with van der Waals surface area (Å²) >= 11 is 0. The van der Waals surface area contributed by atoms with Gasteiger partial charge in [-0.1, -0.05) is 0 Å². The van der Waals surface area contributed by atoms with Gasteiger partial charge >= 0.3 is 21.3 Å². The lowest BCUT2D eigenvalue weighted by molar-refractivity contribution is -0.179. The standard InChI is InChI=1S/C16H26F2O9S/c1-11(16(17,18)28(20,21)22)27-12(19)13(2,5-23-7-14(3)9-25-14)6-24-8-15(4)10-26-15/h11H,5-10H2,1-4H3,(H,20,21,22). The van der Waals surface area contributed by atoms with Crippen LogP contribution in [0.15, 0.2) is 0 Å². The van der Waals surface area contributed by atoms with Crippen LogP contribution in [0.2, 0.25) is 0 Å². The summed E-state index contributed by atoms with van der Waals surface area (Å²) in [4.78, 5) is 12.5. The van der Waals surface area contributed by atoms with Crippen molar-refractivity contribution in [1.29, 1.82) is 0 Å². The minimum Gasteiger partial charge on any atom is -0.454 e. The van der Waals surface area contributed by atoms with E-state index in [1.807, 2.05) is 0 Å². The zero-order chi connectivity index (χ0) is 21.4. The summed E-state index contributed by atoms with van der Waals surface area (Å²) in [7, 11) is -5.75. The van der Waals surface area contributed by atoms with Crippen LogP contribution in [0.25, 0.3) is 0 Å². The average Bonchev–Trinajstić information content (AvgIpc) is 3.46. The highest BCUT2D eigenvalue weighted by molar-refractivity contribution is 7.86. The summed E-state index contributed by atoms with van der Waals surface area (Å²) < 4.78 is 83.7. The Morgan fingerprint density at radius 1 is 1.14 bits per heavy atom. The lowest BCUT2D eigenvalue weighted by Gasteiger charge is -2.30. The van der Waals surface area contributed by atoms with Gasteiger partial charge in [0.05, 0.1) is 39.6 Å². The maximum absolute atomic E-state index is 13.7. The minimum absolute atomic E-state index is 0.174. The van der Waals surface area contributed by atoms with Gasteiger partial charge in [-0.05, 0) is 27.7 Å². The van der Waals surface area contributed by atoms with E-state index in [1.165, 1.54) is 6.92 Å². The lowest BCUT2D eigenvalue weighted by atomic mass is 9.93. The topological polar surface area (TPSA) is 124 Å². The second kappa shape index (κ2) is 7.73. The van der Waals surface area contributed by atoms with E-state index in [4.69, 9.17) is 23.5 Å². The van der Waals surface area contributed by atoms with Crippen molar-refractivity contribution in [2.75, 3.05) is 39.6 Å². The van der Waals surface area contributed by atoms with Crippen LogP contribution in [0.4, 0.5) is 8.78 Å². The van der Waals surface area contributed by atoms with Crippen LogP contribution in [-0.2, 0) is 38.6 Å². The molecule has 2 heterocycles. The molecular formula is C16H26F2O9S. The van der Waals surface area contributed by atoms with Crippen molar-refractivity contribution in [3.05, 3.63) is 0 Å². The molecule has 2 aliphatic heterocycles. The molecule has 0 spiro atoms. The Labute approximate surface area is 162 Å². The number of esters is 1. The first kappa shape index (κ1) is 23.4. The zero-order valence-electron chi connectivity index (χ0n) is 16.2. The van der Waals surface area contributed by atoms with E-state index < -0.39 is 44.1 Å². The van der Waals surface area contributed by atoms with Gasteiger partial charge in [0, 0.05) is 0 Å². The van der Waals surface area contributed by atoms with Gasteiger partial charge in [0.1, 0.15) is 16.6 Å². The van der Waals surface area contributed by atoms with Gasteiger partial charge in [0.15, 0.2) is 6.10 Å². The van der Waals surface area contributed by atoms with E-state index in [-0.39, 0.29) is 26.4 Å². The quantitative estimate of drug-likeness (QED) is 0.273. The monoisotopic (exact) mass is 432 g/mol.